The second kappa shape index (κ2) is 7.60. The van der Waals surface area contributed by atoms with Gasteiger partial charge in [-0.3, -0.25) is 9.78 Å². The molecule has 0 aliphatic carbocycles. The zero-order valence-electron chi connectivity index (χ0n) is 13.4. The van der Waals surface area contributed by atoms with Gasteiger partial charge in [-0.15, -0.1) is 0 Å². The molecule has 0 radical (unpaired) electrons. The smallest absolute Gasteiger partial charge is 0.317 e. The van der Waals surface area contributed by atoms with Gasteiger partial charge in [0.25, 0.3) is 0 Å². The lowest BCUT2D eigenvalue weighted by atomic mass is 10.1. The Bertz CT molecular complexity index is 727. The highest BCUT2D eigenvalue weighted by Gasteiger charge is 2.24. The van der Waals surface area contributed by atoms with Gasteiger partial charge in [-0.05, 0) is 12.1 Å². The van der Waals surface area contributed by atoms with Crippen molar-refractivity contribution in [1.82, 2.24) is 25.3 Å². The number of hydrogen-bond acceptors (Lipinski definition) is 7. The summed E-state index contributed by atoms with van der Waals surface area (Å²) < 4.78 is 10.5. The van der Waals surface area contributed by atoms with Crippen LogP contribution in [0.5, 0.6) is 5.75 Å². The van der Waals surface area contributed by atoms with Crippen molar-refractivity contribution in [3.05, 3.63) is 36.2 Å². The van der Waals surface area contributed by atoms with Crippen LogP contribution < -0.4 is 15.8 Å². The van der Waals surface area contributed by atoms with Crippen LogP contribution in [0.2, 0.25) is 0 Å². The van der Waals surface area contributed by atoms with Gasteiger partial charge in [0, 0.05) is 38.3 Å². The van der Waals surface area contributed by atoms with Crippen molar-refractivity contribution >= 4 is 11.9 Å². The Hall–Kier alpha value is -3.17. The topological polar surface area (TPSA) is 136 Å². The molecule has 1 aliphatic heterocycles. The number of pyridine rings is 1. The highest BCUT2D eigenvalue weighted by molar-refractivity contribution is 5.87. The van der Waals surface area contributed by atoms with Crippen molar-refractivity contribution in [3.8, 4) is 5.75 Å². The number of carbonyl (C=O) groups is 2. The summed E-state index contributed by atoms with van der Waals surface area (Å²) in [5.41, 5.74) is 5.02. The van der Waals surface area contributed by atoms with Crippen molar-refractivity contribution in [2.24, 2.45) is 5.73 Å². The SMILES string of the molecule is NC(=O)c1nc(CNC(=O)N2CCC(Oc3ccncc3)CC2)no1. The molecule has 0 atom stereocenters. The largest absolute Gasteiger partial charge is 0.490 e. The van der Waals surface area contributed by atoms with Gasteiger partial charge in [-0.1, -0.05) is 5.16 Å². The van der Waals surface area contributed by atoms with Crippen LogP contribution >= 0.6 is 0 Å². The van der Waals surface area contributed by atoms with E-state index in [0.29, 0.717) is 13.1 Å². The standard InChI is InChI=1S/C15H18N6O4/c16-13(22)14-19-12(20-25-14)9-18-15(23)21-7-3-11(4-8-21)24-10-1-5-17-6-2-10/h1-2,5-6,11H,3-4,7-9H2,(H2,16,22)(H,18,23). The van der Waals surface area contributed by atoms with Crippen LogP contribution in [0.4, 0.5) is 4.79 Å². The number of piperidine rings is 1. The summed E-state index contributed by atoms with van der Waals surface area (Å²) in [6, 6.07) is 3.39. The van der Waals surface area contributed by atoms with Gasteiger partial charge in [0.1, 0.15) is 11.9 Å². The van der Waals surface area contributed by atoms with Gasteiger partial charge in [-0.25, -0.2) is 4.79 Å². The Morgan fingerprint density at radius 3 is 2.68 bits per heavy atom. The number of nitrogens with two attached hydrogens (primary N) is 1. The molecular formula is C15H18N6O4. The summed E-state index contributed by atoms with van der Waals surface area (Å²) in [6.07, 6.45) is 4.91. The van der Waals surface area contributed by atoms with E-state index in [9.17, 15) is 9.59 Å². The van der Waals surface area contributed by atoms with Crippen LogP contribution in [0.15, 0.2) is 29.0 Å². The van der Waals surface area contributed by atoms with Crippen molar-refractivity contribution in [3.63, 3.8) is 0 Å². The van der Waals surface area contributed by atoms with E-state index in [2.05, 4.69) is 25.0 Å². The molecule has 0 spiro atoms. The first-order valence-corrected chi connectivity index (χ1v) is 7.83. The Kier molecular flexibility index (Phi) is 5.07. The lowest BCUT2D eigenvalue weighted by molar-refractivity contribution is 0.0958. The molecule has 10 nitrogen and oxygen atoms in total. The number of primary amides is 1. The third kappa shape index (κ3) is 4.43. The number of hydrogen-bond donors (Lipinski definition) is 2. The van der Waals surface area contributed by atoms with Crippen LogP contribution in [0, 0.1) is 0 Å². The first kappa shape index (κ1) is 16.7. The van der Waals surface area contributed by atoms with Crippen LogP contribution in [0.1, 0.15) is 29.4 Å². The quantitative estimate of drug-likeness (QED) is 0.795. The second-order valence-corrected chi connectivity index (χ2v) is 5.53. The Labute approximate surface area is 143 Å². The van der Waals surface area contributed by atoms with E-state index in [-0.39, 0.29) is 30.4 Å². The van der Waals surface area contributed by atoms with E-state index < -0.39 is 5.91 Å². The molecule has 1 fully saturated rings. The summed E-state index contributed by atoms with van der Waals surface area (Å²) in [4.78, 5) is 32.5. The summed E-state index contributed by atoms with van der Waals surface area (Å²) in [6.45, 7) is 1.23. The summed E-state index contributed by atoms with van der Waals surface area (Å²) in [5, 5.41) is 6.25. The molecular weight excluding hydrogens is 328 g/mol. The fraction of sp³-hybridized carbons (Fsp3) is 0.400. The second-order valence-electron chi connectivity index (χ2n) is 5.53. The van der Waals surface area contributed by atoms with E-state index in [4.69, 9.17) is 10.5 Å². The van der Waals surface area contributed by atoms with E-state index in [0.717, 1.165) is 18.6 Å². The molecule has 2 aromatic rings. The fourth-order valence-electron chi connectivity index (χ4n) is 2.48. The van der Waals surface area contributed by atoms with Crippen molar-refractivity contribution < 1.29 is 18.8 Å². The number of carbonyl (C=O) groups excluding carboxylic acids is 2. The highest BCUT2D eigenvalue weighted by Crippen LogP contribution is 2.18. The van der Waals surface area contributed by atoms with Gasteiger partial charge in [0.05, 0.1) is 6.54 Å². The average Bonchev–Trinajstić information content (AvgIpc) is 3.11. The molecule has 1 aliphatic rings. The number of likely N-dealkylation sites (tertiary alicyclic amines) is 1. The number of urea groups is 1. The summed E-state index contributed by atoms with van der Waals surface area (Å²) >= 11 is 0. The minimum atomic E-state index is -0.804. The summed E-state index contributed by atoms with van der Waals surface area (Å²) in [5.74, 6) is -0.113. The van der Waals surface area contributed by atoms with E-state index >= 15 is 0 Å². The van der Waals surface area contributed by atoms with Gasteiger partial charge < -0.3 is 25.2 Å². The van der Waals surface area contributed by atoms with Gasteiger partial charge in [0.2, 0.25) is 0 Å². The van der Waals surface area contributed by atoms with E-state index in [1.165, 1.54) is 0 Å². The molecule has 0 unspecified atom stereocenters. The van der Waals surface area contributed by atoms with E-state index in [1.54, 1.807) is 17.3 Å². The maximum absolute atomic E-state index is 12.2. The zero-order valence-corrected chi connectivity index (χ0v) is 13.4. The Balaban J connectivity index is 1.42. The zero-order chi connectivity index (χ0) is 17.6. The van der Waals surface area contributed by atoms with Crippen LogP contribution in [-0.4, -0.2) is 51.2 Å². The lowest BCUT2D eigenvalue weighted by Crippen LogP contribution is -2.46. The average molecular weight is 346 g/mol. The molecule has 0 bridgehead atoms. The third-order valence-electron chi connectivity index (χ3n) is 3.76. The fourth-order valence-corrected chi connectivity index (χ4v) is 2.48. The number of amides is 3. The minimum Gasteiger partial charge on any atom is -0.490 e. The molecule has 2 aromatic heterocycles. The molecule has 25 heavy (non-hydrogen) atoms. The lowest BCUT2D eigenvalue weighted by Gasteiger charge is -2.32. The van der Waals surface area contributed by atoms with Gasteiger partial charge >= 0.3 is 17.8 Å². The molecule has 3 heterocycles. The molecule has 10 heteroatoms. The maximum Gasteiger partial charge on any atom is 0.317 e. The maximum atomic E-state index is 12.2. The predicted octanol–water partition coefficient (Wildman–Crippen LogP) is 0.316. The molecule has 0 aromatic carbocycles. The van der Waals surface area contributed by atoms with Crippen molar-refractivity contribution in [2.75, 3.05) is 13.1 Å². The number of rotatable bonds is 5. The number of nitrogens with zero attached hydrogens (tertiary/aromatic N) is 4. The van der Waals surface area contributed by atoms with Crippen LogP contribution in [0.25, 0.3) is 0 Å². The molecule has 3 rings (SSSR count). The minimum absolute atomic E-state index is 0.0586. The monoisotopic (exact) mass is 346 g/mol. The number of aromatic nitrogens is 3. The van der Waals surface area contributed by atoms with Gasteiger partial charge in [0.15, 0.2) is 5.82 Å². The van der Waals surface area contributed by atoms with Crippen LogP contribution in [0.3, 0.4) is 0 Å². The molecule has 0 saturated carbocycles. The molecule has 1 saturated heterocycles. The van der Waals surface area contributed by atoms with Crippen molar-refractivity contribution in [2.45, 2.75) is 25.5 Å². The summed E-state index contributed by atoms with van der Waals surface area (Å²) in [7, 11) is 0. The van der Waals surface area contributed by atoms with Gasteiger partial charge in [-0.2, -0.15) is 4.98 Å². The first-order valence-electron chi connectivity index (χ1n) is 7.83. The Morgan fingerprint density at radius 2 is 2.04 bits per heavy atom. The number of nitrogens with one attached hydrogen (secondary N) is 1. The molecule has 3 N–H and O–H groups in total. The Morgan fingerprint density at radius 1 is 1.32 bits per heavy atom. The third-order valence-corrected chi connectivity index (χ3v) is 3.76. The van der Waals surface area contributed by atoms with Crippen LogP contribution in [-0.2, 0) is 6.54 Å². The molecule has 132 valence electrons. The van der Waals surface area contributed by atoms with E-state index in [1.807, 2.05) is 12.1 Å². The van der Waals surface area contributed by atoms with Crippen molar-refractivity contribution in [1.29, 1.82) is 0 Å². The number of ether oxygens (including phenoxy) is 1. The first-order chi connectivity index (χ1) is 12.1. The predicted molar refractivity (Wildman–Crippen MR) is 84.5 cm³/mol. The molecule has 3 amide bonds. The normalized spacial score (nSPS) is 15.0. The highest BCUT2D eigenvalue weighted by atomic mass is 16.5.